The molecule has 0 saturated carbocycles. The third kappa shape index (κ3) is 7.62. The van der Waals surface area contributed by atoms with Crippen molar-refractivity contribution < 1.29 is 9.59 Å². The van der Waals surface area contributed by atoms with Crippen LogP contribution in [0.2, 0.25) is 0 Å². The maximum Gasteiger partial charge on any atom is 0.253 e. The maximum atomic E-state index is 13.1. The molecule has 2 aromatic rings. The van der Waals surface area contributed by atoms with Crippen LogP contribution in [0.5, 0.6) is 0 Å². The highest BCUT2D eigenvalue weighted by Crippen LogP contribution is 2.30. The summed E-state index contributed by atoms with van der Waals surface area (Å²) in [7, 11) is 0. The highest BCUT2D eigenvalue weighted by atomic mass is 16.2. The van der Waals surface area contributed by atoms with Crippen LogP contribution in [0, 0.1) is 11.8 Å². The van der Waals surface area contributed by atoms with Crippen molar-refractivity contribution in [2.24, 2.45) is 11.8 Å². The quantitative estimate of drug-likeness (QED) is 0.492. The molecule has 178 valence electrons. The van der Waals surface area contributed by atoms with Crippen LogP contribution in [0.1, 0.15) is 68.8 Å². The number of anilines is 2. The lowest BCUT2D eigenvalue weighted by Crippen LogP contribution is -2.36. The first-order chi connectivity index (χ1) is 16.0. The van der Waals surface area contributed by atoms with E-state index in [1.165, 1.54) is 5.56 Å². The average molecular weight is 450 g/mol. The molecule has 0 aliphatic carbocycles. The van der Waals surface area contributed by atoms with E-state index in [2.05, 4.69) is 66.6 Å². The van der Waals surface area contributed by atoms with Gasteiger partial charge in [-0.25, -0.2) is 0 Å². The third-order valence-corrected chi connectivity index (χ3v) is 6.28. The second-order valence-corrected chi connectivity index (χ2v) is 9.61. The Balaban J connectivity index is 1.71. The first-order valence-corrected chi connectivity index (χ1v) is 12.5. The van der Waals surface area contributed by atoms with Crippen LogP contribution in [0.25, 0.3) is 0 Å². The molecule has 1 saturated heterocycles. The third-order valence-electron chi connectivity index (χ3n) is 6.28. The lowest BCUT2D eigenvalue weighted by molar-refractivity contribution is -0.116. The molecule has 2 amide bonds. The molecule has 5 nitrogen and oxygen atoms in total. The van der Waals surface area contributed by atoms with E-state index < -0.39 is 0 Å². The van der Waals surface area contributed by atoms with Gasteiger partial charge in [-0.15, -0.1) is 0 Å². The predicted molar refractivity (Wildman–Crippen MR) is 137 cm³/mol. The Morgan fingerprint density at radius 3 is 2.45 bits per heavy atom. The van der Waals surface area contributed by atoms with Gasteiger partial charge in [-0.2, -0.15) is 0 Å². The van der Waals surface area contributed by atoms with Gasteiger partial charge in [0.1, 0.15) is 0 Å². The molecule has 0 bridgehead atoms. The zero-order chi connectivity index (χ0) is 23.6. The van der Waals surface area contributed by atoms with Crippen molar-refractivity contribution in [1.82, 2.24) is 5.32 Å². The fraction of sp³-hybridized carbons (Fsp3) is 0.500. The standard InChI is InChI=1S/C28H39N3O2/c1-4-5-11-27(32)30-24-12-13-26(25(19-24)28(33)29-20-21(2)3)31-16-14-23(15-17-31)18-22-9-7-6-8-10-22/h6-10,12-13,19,21,23H,4-5,11,14-18,20H2,1-3H3,(H,29,33)(H,30,32). The fourth-order valence-electron chi connectivity index (χ4n) is 4.35. The Kier molecular flexibility index (Phi) is 9.35. The molecule has 0 spiro atoms. The van der Waals surface area contributed by atoms with Crippen LogP contribution in [0.3, 0.4) is 0 Å². The van der Waals surface area contributed by atoms with Gasteiger partial charge in [0.25, 0.3) is 5.91 Å². The second kappa shape index (κ2) is 12.4. The summed E-state index contributed by atoms with van der Waals surface area (Å²) >= 11 is 0. The van der Waals surface area contributed by atoms with Crippen molar-refractivity contribution in [3.8, 4) is 0 Å². The van der Waals surface area contributed by atoms with E-state index >= 15 is 0 Å². The summed E-state index contributed by atoms with van der Waals surface area (Å²) < 4.78 is 0. The Hall–Kier alpha value is -2.82. The highest BCUT2D eigenvalue weighted by Gasteiger charge is 2.24. The summed E-state index contributed by atoms with van der Waals surface area (Å²) in [6.45, 7) is 8.74. The number of nitrogens with zero attached hydrogens (tertiary/aromatic N) is 1. The number of hydrogen-bond acceptors (Lipinski definition) is 3. The van der Waals surface area contributed by atoms with E-state index in [-0.39, 0.29) is 11.8 Å². The average Bonchev–Trinajstić information content (AvgIpc) is 2.82. The van der Waals surface area contributed by atoms with Gasteiger partial charge in [-0.1, -0.05) is 57.5 Å². The van der Waals surface area contributed by atoms with Crippen molar-refractivity contribution in [2.45, 2.75) is 59.3 Å². The van der Waals surface area contributed by atoms with E-state index in [0.29, 0.717) is 36.1 Å². The summed E-state index contributed by atoms with van der Waals surface area (Å²) in [5.74, 6) is 0.969. The molecule has 5 heteroatoms. The van der Waals surface area contributed by atoms with Gasteiger partial charge in [-0.3, -0.25) is 9.59 Å². The van der Waals surface area contributed by atoms with Gasteiger partial charge in [0, 0.05) is 37.4 Å². The number of piperidine rings is 1. The molecule has 1 aliphatic rings. The van der Waals surface area contributed by atoms with Crippen LogP contribution in [0.4, 0.5) is 11.4 Å². The molecule has 0 atom stereocenters. The summed E-state index contributed by atoms with van der Waals surface area (Å²) in [6, 6.07) is 16.4. The molecule has 3 rings (SSSR count). The Labute approximate surface area is 199 Å². The molecule has 2 N–H and O–H groups in total. The molecule has 1 fully saturated rings. The van der Waals surface area contributed by atoms with Gasteiger partial charge in [-0.05, 0) is 61.3 Å². The van der Waals surface area contributed by atoms with Crippen LogP contribution in [0.15, 0.2) is 48.5 Å². The molecular formula is C28H39N3O2. The number of unbranched alkanes of at least 4 members (excludes halogenated alkanes) is 1. The van der Waals surface area contributed by atoms with Crippen LogP contribution >= 0.6 is 0 Å². The zero-order valence-electron chi connectivity index (χ0n) is 20.4. The van der Waals surface area contributed by atoms with Crippen molar-refractivity contribution in [2.75, 3.05) is 29.9 Å². The number of nitrogens with one attached hydrogen (secondary N) is 2. The molecule has 2 aromatic carbocycles. The zero-order valence-corrected chi connectivity index (χ0v) is 20.4. The van der Waals surface area contributed by atoms with Crippen LogP contribution in [-0.4, -0.2) is 31.4 Å². The first kappa shape index (κ1) is 24.8. The van der Waals surface area contributed by atoms with E-state index in [0.717, 1.165) is 50.9 Å². The van der Waals surface area contributed by atoms with E-state index in [1.807, 2.05) is 18.2 Å². The van der Waals surface area contributed by atoms with Gasteiger partial charge >= 0.3 is 0 Å². The molecule has 1 heterocycles. The molecule has 0 radical (unpaired) electrons. The van der Waals surface area contributed by atoms with Crippen molar-refractivity contribution in [3.63, 3.8) is 0 Å². The Morgan fingerprint density at radius 1 is 1.06 bits per heavy atom. The van der Waals surface area contributed by atoms with E-state index in [1.54, 1.807) is 0 Å². The highest BCUT2D eigenvalue weighted by molar-refractivity contribution is 6.02. The lowest BCUT2D eigenvalue weighted by Gasteiger charge is -2.35. The lowest BCUT2D eigenvalue weighted by atomic mass is 9.89. The molecule has 33 heavy (non-hydrogen) atoms. The molecule has 1 aliphatic heterocycles. The van der Waals surface area contributed by atoms with E-state index in [4.69, 9.17) is 0 Å². The van der Waals surface area contributed by atoms with Crippen molar-refractivity contribution in [1.29, 1.82) is 0 Å². The van der Waals surface area contributed by atoms with Crippen LogP contribution in [-0.2, 0) is 11.2 Å². The number of rotatable bonds is 10. The smallest absolute Gasteiger partial charge is 0.253 e. The first-order valence-electron chi connectivity index (χ1n) is 12.5. The fourth-order valence-corrected chi connectivity index (χ4v) is 4.35. The minimum atomic E-state index is -0.0743. The topological polar surface area (TPSA) is 61.4 Å². The maximum absolute atomic E-state index is 13.1. The normalized spacial score (nSPS) is 14.4. The molecule has 0 aromatic heterocycles. The summed E-state index contributed by atoms with van der Waals surface area (Å²) in [4.78, 5) is 27.6. The SMILES string of the molecule is CCCCC(=O)Nc1ccc(N2CCC(Cc3ccccc3)CC2)c(C(=O)NCC(C)C)c1. The predicted octanol–water partition coefficient (Wildman–Crippen LogP) is 5.66. The van der Waals surface area contributed by atoms with Crippen molar-refractivity contribution >= 4 is 23.2 Å². The minimum Gasteiger partial charge on any atom is -0.371 e. The van der Waals surface area contributed by atoms with Crippen molar-refractivity contribution in [3.05, 3.63) is 59.7 Å². The number of benzene rings is 2. The number of carbonyl (C=O) groups excluding carboxylic acids is 2. The monoisotopic (exact) mass is 449 g/mol. The number of hydrogen-bond donors (Lipinski definition) is 2. The van der Waals surface area contributed by atoms with Gasteiger partial charge in [0.2, 0.25) is 5.91 Å². The van der Waals surface area contributed by atoms with Gasteiger partial charge in [0.15, 0.2) is 0 Å². The van der Waals surface area contributed by atoms with Gasteiger partial charge < -0.3 is 15.5 Å². The molecule has 0 unspecified atom stereocenters. The Bertz CT molecular complexity index is 903. The largest absolute Gasteiger partial charge is 0.371 e. The Morgan fingerprint density at radius 2 is 1.79 bits per heavy atom. The summed E-state index contributed by atoms with van der Waals surface area (Å²) in [5.41, 5.74) is 3.69. The minimum absolute atomic E-state index is 0.000125. The van der Waals surface area contributed by atoms with Gasteiger partial charge in [0.05, 0.1) is 5.56 Å². The summed E-state index contributed by atoms with van der Waals surface area (Å²) in [5, 5.41) is 6.02. The number of carbonyl (C=O) groups is 2. The molecular weight excluding hydrogens is 410 g/mol. The second-order valence-electron chi connectivity index (χ2n) is 9.61. The summed E-state index contributed by atoms with van der Waals surface area (Å²) in [6.07, 6.45) is 5.68. The number of amides is 2. The van der Waals surface area contributed by atoms with Crippen LogP contribution < -0.4 is 15.5 Å². The van der Waals surface area contributed by atoms with E-state index in [9.17, 15) is 9.59 Å².